The molecule has 5 heteroatoms. The number of hydrogen-bond acceptors (Lipinski definition) is 4. The minimum Gasteiger partial charge on any atom is -0.363 e. The number of hydrogen-bond donors (Lipinski definition) is 0. The van der Waals surface area contributed by atoms with Gasteiger partial charge in [0.25, 0.3) is 5.91 Å². The highest BCUT2D eigenvalue weighted by Gasteiger charge is 2.42. The molecule has 1 aromatic carbocycles. The quantitative estimate of drug-likeness (QED) is 0.853. The third-order valence-electron chi connectivity index (χ3n) is 5.42. The number of piperidine rings is 1. The highest BCUT2D eigenvalue weighted by atomic mass is 16.5. The largest absolute Gasteiger partial charge is 0.363 e. The van der Waals surface area contributed by atoms with Crippen molar-refractivity contribution in [2.45, 2.75) is 31.9 Å². The minimum atomic E-state index is -0.217. The highest BCUT2D eigenvalue weighted by molar-refractivity contribution is 5.95. The molecule has 0 saturated carbocycles. The third-order valence-corrected chi connectivity index (χ3v) is 5.42. The Hall–Kier alpha value is -2.24. The summed E-state index contributed by atoms with van der Waals surface area (Å²) in [6, 6.07) is 12.1. The van der Waals surface area contributed by atoms with Gasteiger partial charge < -0.3 is 9.64 Å². The average Bonchev–Trinajstić information content (AvgIpc) is 2.67. The molecule has 1 spiro atoms. The molecule has 0 bridgehead atoms. The van der Waals surface area contributed by atoms with Gasteiger partial charge in [-0.2, -0.15) is 0 Å². The van der Waals surface area contributed by atoms with Gasteiger partial charge in [0, 0.05) is 37.7 Å². The summed E-state index contributed by atoms with van der Waals surface area (Å²) in [6.45, 7) is 5.78. The number of carbonyl (C=O) groups is 1. The van der Waals surface area contributed by atoms with Crippen LogP contribution in [0, 0.1) is 6.92 Å². The molecular formula is C21H25N3O2. The topological polar surface area (TPSA) is 45.7 Å². The van der Waals surface area contributed by atoms with Crippen molar-refractivity contribution in [1.29, 1.82) is 0 Å². The average molecular weight is 351 g/mol. The number of benzene rings is 1. The van der Waals surface area contributed by atoms with E-state index in [2.05, 4.69) is 22.9 Å². The van der Waals surface area contributed by atoms with Gasteiger partial charge in [-0.25, -0.2) is 0 Å². The van der Waals surface area contributed by atoms with Crippen molar-refractivity contribution in [3.05, 3.63) is 59.9 Å². The maximum absolute atomic E-state index is 12.3. The fourth-order valence-corrected chi connectivity index (χ4v) is 3.94. The normalized spacial score (nSPS) is 20.5. The van der Waals surface area contributed by atoms with E-state index in [4.69, 9.17) is 4.74 Å². The van der Waals surface area contributed by atoms with E-state index in [0.717, 1.165) is 38.2 Å². The Morgan fingerprint density at radius 1 is 1.15 bits per heavy atom. The number of rotatable bonds is 3. The molecule has 2 saturated heterocycles. The molecule has 2 aliphatic heterocycles. The lowest BCUT2D eigenvalue weighted by Gasteiger charge is -2.47. The van der Waals surface area contributed by atoms with E-state index >= 15 is 0 Å². The molecular weight excluding hydrogens is 326 g/mol. The summed E-state index contributed by atoms with van der Waals surface area (Å²) in [5.41, 5.74) is 3.20. The van der Waals surface area contributed by atoms with Crippen LogP contribution in [0.4, 0.5) is 5.69 Å². The monoisotopic (exact) mass is 351 g/mol. The van der Waals surface area contributed by atoms with E-state index < -0.39 is 0 Å². The van der Waals surface area contributed by atoms with Gasteiger partial charge in [0.15, 0.2) is 0 Å². The van der Waals surface area contributed by atoms with Crippen molar-refractivity contribution >= 4 is 11.6 Å². The van der Waals surface area contributed by atoms with Crippen LogP contribution in [0.15, 0.2) is 48.8 Å². The summed E-state index contributed by atoms with van der Waals surface area (Å²) in [5, 5.41) is 0. The Balaban J connectivity index is 1.40. The molecule has 2 fully saturated rings. The first-order chi connectivity index (χ1) is 12.6. The zero-order valence-electron chi connectivity index (χ0n) is 15.2. The molecule has 0 radical (unpaired) electrons. The Morgan fingerprint density at radius 2 is 1.92 bits per heavy atom. The maximum atomic E-state index is 12.3. The molecule has 5 nitrogen and oxygen atoms in total. The molecule has 4 rings (SSSR count). The lowest BCUT2D eigenvalue weighted by molar-refractivity contribution is -0.144. The predicted molar refractivity (Wildman–Crippen MR) is 101 cm³/mol. The van der Waals surface area contributed by atoms with Crippen molar-refractivity contribution in [1.82, 2.24) is 9.88 Å². The molecule has 26 heavy (non-hydrogen) atoms. The predicted octanol–water partition coefficient (Wildman–Crippen LogP) is 2.79. The van der Waals surface area contributed by atoms with Crippen molar-refractivity contribution < 1.29 is 9.53 Å². The first-order valence-electron chi connectivity index (χ1n) is 9.26. The lowest BCUT2D eigenvalue weighted by atomic mass is 9.89. The Labute approximate surface area is 154 Å². The maximum Gasteiger partial charge on any atom is 0.253 e. The zero-order valence-corrected chi connectivity index (χ0v) is 15.2. The lowest BCUT2D eigenvalue weighted by Crippen LogP contribution is -2.58. The van der Waals surface area contributed by atoms with Gasteiger partial charge in [-0.3, -0.25) is 14.7 Å². The van der Waals surface area contributed by atoms with Crippen LogP contribution in [-0.4, -0.2) is 47.6 Å². The smallest absolute Gasteiger partial charge is 0.253 e. The number of carbonyl (C=O) groups excluding carboxylic acids is 1. The number of ether oxygens (including phenoxy) is 1. The van der Waals surface area contributed by atoms with E-state index in [1.165, 1.54) is 11.1 Å². The van der Waals surface area contributed by atoms with Crippen LogP contribution in [0.1, 0.15) is 24.0 Å². The van der Waals surface area contributed by atoms with Gasteiger partial charge in [0.1, 0.15) is 6.61 Å². The van der Waals surface area contributed by atoms with Gasteiger partial charge in [0.05, 0.1) is 12.1 Å². The number of pyridine rings is 1. The van der Waals surface area contributed by atoms with Crippen molar-refractivity contribution in [2.24, 2.45) is 0 Å². The summed E-state index contributed by atoms with van der Waals surface area (Å²) < 4.78 is 6.06. The number of amides is 1. The Bertz CT molecular complexity index is 770. The number of likely N-dealkylation sites (tertiary alicyclic amines) is 1. The second-order valence-electron chi connectivity index (χ2n) is 7.43. The van der Waals surface area contributed by atoms with Crippen molar-refractivity contribution in [3.63, 3.8) is 0 Å². The number of para-hydroxylation sites is 1. The van der Waals surface area contributed by atoms with Gasteiger partial charge in [-0.05, 0) is 43.0 Å². The molecule has 0 aliphatic carbocycles. The van der Waals surface area contributed by atoms with E-state index in [-0.39, 0.29) is 18.1 Å². The first kappa shape index (κ1) is 17.2. The second-order valence-corrected chi connectivity index (χ2v) is 7.43. The number of nitrogens with zero attached hydrogens (tertiary/aromatic N) is 3. The van der Waals surface area contributed by atoms with Crippen LogP contribution in [0.25, 0.3) is 0 Å². The third kappa shape index (κ3) is 3.64. The molecule has 2 aliphatic rings. The Kier molecular flexibility index (Phi) is 4.74. The van der Waals surface area contributed by atoms with Gasteiger partial charge in [0.2, 0.25) is 0 Å². The summed E-state index contributed by atoms with van der Waals surface area (Å²) >= 11 is 0. The standard InChI is InChI=1S/C21H25N3O2/c1-17-11-18(13-22-12-17)14-23-9-7-21(8-10-23)16-24(20(25)15-26-21)19-5-3-2-4-6-19/h2-6,11-13H,7-10,14-16H2,1H3. The number of aryl methyl sites for hydroxylation is 1. The van der Waals surface area contributed by atoms with Gasteiger partial charge >= 0.3 is 0 Å². The molecule has 1 amide bonds. The molecule has 3 heterocycles. The molecule has 136 valence electrons. The summed E-state index contributed by atoms with van der Waals surface area (Å²) in [6.07, 6.45) is 5.73. The van der Waals surface area contributed by atoms with Crippen LogP contribution >= 0.6 is 0 Å². The SMILES string of the molecule is Cc1cncc(CN2CCC3(CC2)CN(c2ccccc2)C(=O)CO3)c1. The fourth-order valence-electron chi connectivity index (χ4n) is 3.94. The minimum absolute atomic E-state index is 0.0510. The second kappa shape index (κ2) is 7.17. The molecule has 1 aromatic heterocycles. The van der Waals surface area contributed by atoms with Crippen LogP contribution < -0.4 is 4.90 Å². The summed E-state index contributed by atoms with van der Waals surface area (Å²) in [4.78, 5) is 21.0. The van der Waals surface area contributed by atoms with Gasteiger partial charge in [-0.15, -0.1) is 0 Å². The molecule has 0 unspecified atom stereocenters. The summed E-state index contributed by atoms with van der Waals surface area (Å²) in [5.74, 6) is 0.0510. The molecule has 0 atom stereocenters. The van der Waals surface area contributed by atoms with Gasteiger partial charge in [-0.1, -0.05) is 24.3 Å². The zero-order chi connectivity index (χ0) is 18.0. The molecule has 0 N–H and O–H groups in total. The van der Waals surface area contributed by atoms with Crippen LogP contribution in [0.2, 0.25) is 0 Å². The number of morpholine rings is 1. The van der Waals surface area contributed by atoms with E-state index in [1.54, 1.807) is 0 Å². The molecule has 2 aromatic rings. The first-order valence-corrected chi connectivity index (χ1v) is 9.26. The number of anilines is 1. The van der Waals surface area contributed by atoms with Crippen molar-refractivity contribution in [3.8, 4) is 0 Å². The summed E-state index contributed by atoms with van der Waals surface area (Å²) in [7, 11) is 0. The number of aromatic nitrogens is 1. The fraction of sp³-hybridized carbons (Fsp3) is 0.429. The van der Waals surface area contributed by atoms with E-state index in [1.807, 2.05) is 47.6 Å². The van der Waals surface area contributed by atoms with Crippen LogP contribution in [0.5, 0.6) is 0 Å². The van der Waals surface area contributed by atoms with Crippen LogP contribution in [-0.2, 0) is 16.1 Å². The Morgan fingerprint density at radius 3 is 2.65 bits per heavy atom. The highest BCUT2D eigenvalue weighted by Crippen LogP contribution is 2.33. The van der Waals surface area contributed by atoms with Crippen molar-refractivity contribution in [2.75, 3.05) is 31.1 Å². The van der Waals surface area contributed by atoms with E-state index in [0.29, 0.717) is 6.54 Å². The van der Waals surface area contributed by atoms with E-state index in [9.17, 15) is 4.79 Å². The van der Waals surface area contributed by atoms with Crippen LogP contribution in [0.3, 0.4) is 0 Å².